The van der Waals surface area contributed by atoms with Crippen LogP contribution in [0.2, 0.25) is 0 Å². The van der Waals surface area contributed by atoms with E-state index in [1.807, 2.05) is 5.57 Å². The van der Waals surface area contributed by atoms with E-state index in [1.165, 1.54) is 25.7 Å². The Balaban J connectivity index is 3.13. The largest absolute Gasteiger partial charge is 0.0713 e. The Labute approximate surface area is 160 Å². The Bertz CT molecular complexity index is 433. The highest BCUT2D eigenvalue weighted by Crippen LogP contribution is 2.61. The van der Waals surface area contributed by atoms with E-state index in [9.17, 15) is 0 Å². The third kappa shape index (κ3) is 5.14. The fraction of sp³-hybridized carbons (Fsp3) is 0.920. The average Bonchev–Trinajstić information content (AvgIpc) is 3.34. The highest BCUT2D eigenvalue weighted by atomic mass is 14.6. The van der Waals surface area contributed by atoms with Gasteiger partial charge in [0.2, 0.25) is 0 Å². The second kappa shape index (κ2) is 9.09. The van der Waals surface area contributed by atoms with E-state index in [-0.39, 0.29) is 0 Å². The molecule has 0 aliphatic heterocycles. The molecule has 148 valence electrons. The summed E-state index contributed by atoms with van der Waals surface area (Å²) in [5.74, 6) is 5.45. The van der Waals surface area contributed by atoms with Crippen LogP contribution in [0.4, 0.5) is 0 Å². The monoisotopic (exact) mass is 348 g/mol. The van der Waals surface area contributed by atoms with Gasteiger partial charge in [0.25, 0.3) is 0 Å². The first-order chi connectivity index (χ1) is 11.5. The number of hydrogen-bond acceptors (Lipinski definition) is 0. The molecular formula is C25H48. The van der Waals surface area contributed by atoms with Gasteiger partial charge in [-0.3, -0.25) is 0 Å². The van der Waals surface area contributed by atoms with Crippen LogP contribution in [0, 0.1) is 46.8 Å². The van der Waals surface area contributed by atoms with Crippen LogP contribution < -0.4 is 0 Å². The summed E-state index contributed by atoms with van der Waals surface area (Å²) in [5.41, 5.74) is 4.11. The van der Waals surface area contributed by atoms with Crippen molar-refractivity contribution in [1.82, 2.24) is 0 Å². The molecule has 4 unspecified atom stereocenters. The van der Waals surface area contributed by atoms with E-state index >= 15 is 0 Å². The predicted octanol–water partition coefficient (Wildman–Crippen LogP) is 8.38. The molecule has 0 N–H and O–H groups in total. The molecular weight excluding hydrogens is 300 g/mol. The summed E-state index contributed by atoms with van der Waals surface area (Å²) in [4.78, 5) is 0. The smallest absolute Gasteiger partial charge is 0.0175 e. The Kier molecular flexibility index (Phi) is 8.29. The molecule has 0 nitrogen and oxygen atoms in total. The molecule has 0 saturated heterocycles. The fourth-order valence-electron chi connectivity index (χ4n) is 5.11. The molecule has 0 heterocycles. The van der Waals surface area contributed by atoms with Crippen molar-refractivity contribution in [3.8, 4) is 0 Å². The van der Waals surface area contributed by atoms with Gasteiger partial charge in [0, 0.05) is 0 Å². The highest BCUT2D eigenvalue weighted by molar-refractivity contribution is 5.20. The first-order valence-electron chi connectivity index (χ1n) is 11.2. The van der Waals surface area contributed by atoms with Crippen molar-refractivity contribution in [3.63, 3.8) is 0 Å². The lowest BCUT2D eigenvalue weighted by Gasteiger charge is -2.37. The third-order valence-corrected chi connectivity index (χ3v) is 8.19. The van der Waals surface area contributed by atoms with Crippen LogP contribution in [-0.4, -0.2) is 0 Å². The highest BCUT2D eigenvalue weighted by Gasteiger charge is 2.52. The average molecular weight is 349 g/mol. The molecule has 4 atom stereocenters. The quantitative estimate of drug-likeness (QED) is 0.348. The standard InChI is InChI=1S/C25H48/c1-12-23(20(9)16(2)3)24(21(10)17(4)5)15-19(8)25(13-14-25)22(11)18(6)7/h16-20,22-23H,12-15H2,1-11H3. The topological polar surface area (TPSA) is 0 Å². The molecule has 1 aliphatic carbocycles. The van der Waals surface area contributed by atoms with Crippen LogP contribution in [0.25, 0.3) is 0 Å². The molecule has 0 aromatic heterocycles. The molecule has 25 heavy (non-hydrogen) atoms. The fourth-order valence-corrected chi connectivity index (χ4v) is 5.11. The van der Waals surface area contributed by atoms with Crippen molar-refractivity contribution in [2.75, 3.05) is 0 Å². The molecule has 0 spiro atoms. The summed E-state index contributed by atoms with van der Waals surface area (Å²) < 4.78 is 0. The van der Waals surface area contributed by atoms with Gasteiger partial charge in [-0.15, -0.1) is 0 Å². The van der Waals surface area contributed by atoms with Crippen LogP contribution in [0.15, 0.2) is 11.1 Å². The molecule has 0 aromatic rings. The van der Waals surface area contributed by atoms with E-state index in [4.69, 9.17) is 0 Å². The predicted molar refractivity (Wildman–Crippen MR) is 115 cm³/mol. The van der Waals surface area contributed by atoms with Crippen molar-refractivity contribution >= 4 is 0 Å². The minimum atomic E-state index is 0.621. The molecule has 0 aromatic carbocycles. The van der Waals surface area contributed by atoms with Gasteiger partial charge >= 0.3 is 0 Å². The van der Waals surface area contributed by atoms with Crippen molar-refractivity contribution in [2.45, 2.75) is 102 Å². The SMILES string of the molecule is CCC(C(CC(C)C1(C(C)C(C)C)CC1)=C(C)C(C)C)C(C)C(C)C. The zero-order valence-electron chi connectivity index (χ0n) is 19.4. The van der Waals surface area contributed by atoms with Gasteiger partial charge in [0.05, 0.1) is 0 Å². The zero-order valence-corrected chi connectivity index (χ0v) is 19.4. The Morgan fingerprint density at radius 1 is 0.840 bits per heavy atom. The van der Waals surface area contributed by atoms with Crippen molar-refractivity contribution in [1.29, 1.82) is 0 Å². The Morgan fingerprint density at radius 3 is 1.68 bits per heavy atom. The molecule has 0 amide bonds. The van der Waals surface area contributed by atoms with Gasteiger partial charge in [0.15, 0.2) is 0 Å². The van der Waals surface area contributed by atoms with Gasteiger partial charge in [-0.2, -0.15) is 0 Å². The van der Waals surface area contributed by atoms with Crippen LogP contribution in [0.5, 0.6) is 0 Å². The minimum Gasteiger partial charge on any atom is -0.0713 e. The summed E-state index contributed by atoms with van der Waals surface area (Å²) in [6.45, 7) is 26.8. The maximum absolute atomic E-state index is 2.56. The van der Waals surface area contributed by atoms with Crippen LogP contribution in [0.3, 0.4) is 0 Å². The Morgan fingerprint density at radius 2 is 1.36 bits per heavy atom. The van der Waals surface area contributed by atoms with Crippen LogP contribution >= 0.6 is 0 Å². The van der Waals surface area contributed by atoms with E-state index in [0.717, 1.165) is 35.5 Å². The summed E-state index contributed by atoms with van der Waals surface area (Å²) in [6.07, 6.45) is 5.53. The normalized spacial score (nSPS) is 22.8. The second-order valence-corrected chi connectivity index (χ2v) is 10.4. The molecule has 1 saturated carbocycles. The Hall–Kier alpha value is -0.260. The lowest BCUT2D eigenvalue weighted by atomic mass is 9.68. The van der Waals surface area contributed by atoms with E-state index in [0.29, 0.717) is 11.3 Å². The maximum atomic E-state index is 2.56. The number of hydrogen-bond donors (Lipinski definition) is 0. The first-order valence-corrected chi connectivity index (χ1v) is 11.2. The molecule has 1 aliphatic rings. The van der Waals surface area contributed by atoms with E-state index in [2.05, 4.69) is 76.2 Å². The molecule has 0 bridgehead atoms. The number of rotatable bonds is 10. The van der Waals surface area contributed by atoms with Crippen molar-refractivity contribution in [2.24, 2.45) is 46.8 Å². The molecule has 0 radical (unpaired) electrons. The van der Waals surface area contributed by atoms with Gasteiger partial charge in [-0.25, -0.2) is 0 Å². The second-order valence-electron chi connectivity index (χ2n) is 10.4. The summed E-state index contributed by atoms with van der Waals surface area (Å²) in [7, 11) is 0. The lowest BCUT2D eigenvalue weighted by molar-refractivity contribution is 0.170. The lowest BCUT2D eigenvalue weighted by Crippen LogP contribution is -2.28. The molecule has 1 fully saturated rings. The summed E-state index contributed by atoms with van der Waals surface area (Å²) >= 11 is 0. The van der Waals surface area contributed by atoms with E-state index in [1.54, 1.807) is 5.57 Å². The van der Waals surface area contributed by atoms with Gasteiger partial charge < -0.3 is 0 Å². The van der Waals surface area contributed by atoms with Crippen molar-refractivity contribution in [3.05, 3.63) is 11.1 Å². The first kappa shape index (κ1) is 22.8. The van der Waals surface area contributed by atoms with Crippen LogP contribution in [0.1, 0.15) is 102 Å². The maximum Gasteiger partial charge on any atom is -0.0175 e. The molecule has 0 heteroatoms. The van der Waals surface area contributed by atoms with E-state index < -0.39 is 0 Å². The summed E-state index contributed by atoms with van der Waals surface area (Å²) in [6, 6.07) is 0. The van der Waals surface area contributed by atoms with Gasteiger partial charge in [-0.1, -0.05) is 80.4 Å². The van der Waals surface area contributed by atoms with Crippen LogP contribution in [-0.2, 0) is 0 Å². The minimum absolute atomic E-state index is 0.621. The number of allylic oxidation sites excluding steroid dienone is 2. The molecule has 1 rings (SSSR count). The summed E-state index contributed by atoms with van der Waals surface area (Å²) in [5, 5.41) is 0. The van der Waals surface area contributed by atoms with Gasteiger partial charge in [-0.05, 0) is 79.4 Å². The third-order valence-electron chi connectivity index (χ3n) is 8.19. The zero-order chi connectivity index (χ0) is 19.5. The van der Waals surface area contributed by atoms with Crippen molar-refractivity contribution < 1.29 is 0 Å². The van der Waals surface area contributed by atoms with Gasteiger partial charge in [0.1, 0.15) is 0 Å².